The predicted octanol–water partition coefficient (Wildman–Crippen LogP) is 3.39. The minimum Gasteiger partial charge on any atom is -0.493 e. The van der Waals surface area contributed by atoms with Crippen LogP contribution >= 0.6 is 0 Å². The van der Waals surface area contributed by atoms with E-state index in [1.54, 1.807) is 24.3 Å². The summed E-state index contributed by atoms with van der Waals surface area (Å²) in [6.45, 7) is 0.335. The van der Waals surface area contributed by atoms with Crippen molar-refractivity contribution in [3.05, 3.63) is 54.1 Å². The van der Waals surface area contributed by atoms with Gasteiger partial charge in [0.05, 0.1) is 17.5 Å². The highest BCUT2D eigenvalue weighted by atomic mass is 32.2. The van der Waals surface area contributed by atoms with E-state index in [2.05, 4.69) is 9.46 Å². The lowest BCUT2D eigenvalue weighted by atomic mass is 10.0. The maximum atomic E-state index is 12.5. The fourth-order valence-electron chi connectivity index (χ4n) is 2.56. The fraction of sp³-hybridized carbons (Fsp3) is 0.250. The number of sulfonamides is 1. The molecule has 0 spiro atoms. The molecule has 1 heterocycles. The molecular weight excluding hydrogens is 359 g/mol. The average molecular weight is 373 g/mol. The predicted molar refractivity (Wildman–Crippen MR) is 82.7 cm³/mol. The first-order valence-corrected chi connectivity index (χ1v) is 8.83. The van der Waals surface area contributed by atoms with Crippen molar-refractivity contribution in [2.24, 2.45) is 0 Å². The molecule has 3 rings (SSSR count). The van der Waals surface area contributed by atoms with Crippen LogP contribution in [-0.2, 0) is 10.0 Å². The summed E-state index contributed by atoms with van der Waals surface area (Å²) in [5.74, 6) is -0.0154. The van der Waals surface area contributed by atoms with Crippen molar-refractivity contribution in [3.8, 4) is 11.5 Å². The first kappa shape index (κ1) is 17.6. The van der Waals surface area contributed by atoms with E-state index in [0.717, 1.165) is 12.1 Å². The molecule has 1 aliphatic rings. The van der Waals surface area contributed by atoms with Crippen molar-refractivity contribution in [1.29, 1.82) is 0 Å². The Morgan fingerprint density at radius 1 is 1.12 bits per heavy atom. The SMILES string of the molecule is O=S(=O)(NC1CCOc2ccccc21)c1cccc(OC(F)(F)F)c1. The van der Waals surface area contributed by atoms with Crippen LogP contribution in [0, 0.1) is 0 Å². The molecule has 0 saturated heterocycles. The molecule has 1 atom stereocenters. The fourth-order valence-corrected chi connectivity index (χ4v) is 3.84. The highest BCUT2D eigenvalue weighted by Crippen LogP contribution is 2.33. The number of para-hydroxylation sites is 1. The summed E-state index contributed by atoms with van der Waals surface area (Å²) in [4.78, 5) is -0.307. The van der Waals surface area contributed by atoms with Gasteiger partial charge in [-0.2, -0.15) is 0 Å². The van der Waals surface area contributed by atoms with Gasteiger partial charge >= 0.3 is 6.36 Å². The second-order valence-corrected chi connectivity index (χ2v) is 7.09. The Morgan fingerprint density at radius 3 is 2.64 bits per heavy atom. The van der Waals surface area contributed by atoms with Crippen LogP contribution in [-0.4, -0.2) is 21.4 Å². The van der Waals surface area contributed by atoms with E-state index in [0.29, 0.717) is 24.3 Å². The zero-order valence-electron chi connectivity index (χ0n) is 12.8. The number of fused-ring (bicyclic) bond motifs is 1. The van der Waals surface area contributed by atoms with Crippen molar-refractivity contribution in [2.45, 2.75) is 23.7 Å². The molecule has 0 radical (unpaired) electrons. The third-order valence-corrected chi connectivity index (χ3v) is 5.07. The lowest BCUT2D eigenvalue weighted by Crippen LogP contribution is -2.32. The van der Waals surface area contributed by atoms with E-state index >= 15 is 0 Å². The summed E-state index contributed by atoms with van der Waals surface area (Å²) in [6, 6.07) is 10.7. The summed E-state index contributed by atoms with van der Waals surface area (Å²) < 4.78 is 73.8. The third kappa shape index (κ3) is 4.23. The Hall–Kier alpha value is -2.26. The molecule has 0 aromatic heterocycles. The van der Waals surface area contributed by atoms with Crippen LogP contribution in [0.1, 0.15) is 18.0 Å². The van der Waals surface area contributed by atoms with Gasteiger partial charge in [-0.15, -0.1) is 13.2 Å². The van der Waals surface area contributed by atoms with Crippen LogP contribution in [0.5, 0.6) is 11.5 Å². The second kappa shape index (κ2) is 6.57. The van der Waals surface area contributed by atoms with Crippen LogP contribution in [0.15, 0.2) is 53.4 Å². The number of alkyl halides is 3. The zero-order valence-corrected chi connectivity index (χ0v) is 13.6. The standard InChI is InChI=1S/C16H14F3NO4S/c17-16(18,19)24-11-4-3-5-12(10-11)25(21,22)20-14-8-9-23-15-7-2-1-6-13(14)15/h1-7,10,14,20H,8-9H2. The summed E-state index contributed by atoms with van der Waals surface area (Å²) in [5, 5.41) is 0. The van der Waals surface area contributed by atoms with Gasteiger partial charge in [0.25, 0.3) is 0 Å². The van der Waals surface area contributed by atoms with E-state index in [1.165, 1.54) is 12.1 Å². The van der Waals surface area contributed by atoms with Crippen molar-refractivity contribution in [1.82, 2.24) is 4.72 Å². The van der Waals surface area contributed by atoms with Gasteiger partial charge < -0.3 is 9.47 Å². The Balaban J connectivity index is 1.85. The monoisotopic (exact) mass is 373 g/mol. The zero-order chi connectivity index (χ0) is 18.1. The van der Waals surface area contributed by atoms with Gasteiger partial charge in [-0.05, 0) is 18.2 Å². The number of nitrogens with one attached hydrogen (secondary N) is 1. The number of benzene rings is 2. The van der Waals surface area contributed by atoms with Gasteiger partial charge in [0, 0.05) is 18.1 Å². The highest BCUT2D eigenvalue weighted by molar-refractivity contribution is 7.89. The molecule has 0 bridgehead atoms. The number of halogens is 3. The molecule has 0 fully saturated rings. The molecule has 1 N–H and O–H groups in total. The molecule has 2 aromatic carbocycles. The molecule has 2 aromatic rings. The first-order chi connectivity index (χ1) is 11.7. The third-order valence-electron chi connectivity index (χ3n) is 3.61. The molecule has 5 nitrogen and oxygen atoms in total. The van der Waals surface area contributed by atoms with Gasteiger partial charge in [-0.1, -0.05) is 24.3 Å². The highest BCUT2D eigenvalue weighted by Gasteiger charge is 2.32. The van der Waals surface area contributed by atoms with E-state index < -0.39 is 28.2 Å². The number of ether oxygens (including phenoxy) is 2. The van der Waals surface area contributed by atoms with Crippen LogP contribution in [0.4, 0.5) is 13.2 Å². The molecule has 1 aliphatic heterocycles. The Labute approximate surface area is 142 Å². The topological polar surface area (TPSA) is 64.6 Å². The van der Waals surface area contributed by atoms with Crippen molar-refractivity contribution >= 4 is 10.0 Å². The van der Waals surface area contributed by atoms with Crippen LogP contribution in [0.25, 0.3) is 0 Å². The molecule has 25 heavy (non-hydrogen) atoms. The van der Waals surface area contributed by atoms with Gasteiger partial charge in [-0.25, -0.2) is 13.1 Å². The van der Waals surface area contributed by atoms with Gasteiger partial charge in [-0.3, -0.25) is 0 Å². The molecule has 0 aliphatic carbocycles. The van der Waals surface area contributed by atoms with E-state index in [-0.39, 0.29) is 4.90 Å². The van der Waals surface area contributed by atoms with Crippen molar-refractivity contribution < 1.29 is 31.1 Å². The van der Waals surface area contributed by atoms with Gasteiger partial charge in [0.1, 0.15) is 11.5 Å². The van der Waals surface area contributed by atoms with E-state index in [9.17, 15) is 21.6 Å². The number of rotatable bonds is 4. The van der Waals surface area contributed by atoms with Crippen LogP contribution < -0.4 is 14.2 Å². The first-order valence-electron chi connectivity index (χ1n) is 7.34. The molecule has 9 heteroatoms. The van der Waals surface area contributed by atoms with Gasteiger partial charge in [0.15, 0.2) is 0 Å². The lowest BCUT2D eigenvalue weighted by Gasteiger charge is -2.26. The number of hydrogen-bond donors (Lipinski definition) is 1. The van der Waals surface area contributed by atoms with E-state index in [1.807, 2.05) is 0 Å². The van der Waals surface area contributed by atoms with Crippen LogP contribution in [0.3, 0.4) is 0 Å². The van der Waals surface area contributed by atoms with Gasteiger partial charge in [0.2, 0.25) is 10.0 Å². The second-order valence-electron chi connectivity index (χ2n) is 5.37. The average Bonchev–Trinajstić information content (AvgIpc) is 2.54. The van der Waals surface area contributed by atoms with Crippen LogP contribution in [0.2, 0.25) is 0 Å². The normalized spacial score (nSPS) is 17.5. The Morgan fingerprint density at radius 2 is 1.88 bits per heavy atom. The lowest BCUT2D eigenvalue weighted by molar-refractivity contribution is -0.274. The van der Waals surface area contributed by atoms with Crippen molar-refractivity contribution in [3.63, 3.8) is 0 Å². The summed E-state index contributed by atoms with van der Waals surface area (Å²) in [6.07, 6.45) is -4.48. The van der Waals surface area contributed by atoms with E-state index in [4.69, 9.17) is 4.74 Å². The summed E-state index contributed by atoms with van der Waals surface area (Å²) in [7, 11) is -4.03. The molecule has 134 valence electrons. The maximum Gasteiger partial charge on any atom is 0.573 e. The number of hydrogen-bond acceptors (Lipinski definition) is 4. The van der Waals surface area contributed by atoms with Crippen molar-refractivity contribution in [2.75, 3.05) is 6.61 Å². The molecule has 0 saturated carbocycles. The smallest absolute Gasteiger partial charge is 0.493 e. The summed E-state index contributed by atoms with van der Waals surface area (Å²) >= 11 is 0. The Bertz CT molecular complexity index is 868. The summed E-state index contributed by atoms with van der Waals surface area (Å²) in [5.41, 5.74) is 0.681. The minimum absolute atomic E-state index is 0.307. The molecular formula is C16H14F3NO4S. The largest absolute Gasteiger partial charge is 0.573 e. The minimum atomic E-state index is -4.89. The quantitative estimate of drug-likeness (QED) is 0.892. The molecule has 1 unspecified atom stereocenters. The molecule has 0 amide bonds. The maximum absolute atomic E-state index is 12.5. The Kier molecular flexibility index (Phi) is 4.61.